The van der Waals surface area contributed by atoms with Gasteiger partial charge in [0.15, 0.2) is 0 Å². The average Bonchev–Trinajstić information content (AvgIpc) is 3.26. The highest BCUT2D eigenvalue weighted by molar-refractivity contribution is 6.08. The van der Waals surface area contributed by atoms with Crippen LogP contribution in [0.25, 0.3) is 21.7 Å². The molecule has 32 heavy (non-hydrogen) atoms. The van der Waals surface area contributed by atoms with Crippen molar-refractivity contribution in [2.45, 2.75) is 12.8 Å². The van der Waals surface area contributed by atoms with Gasteiger partial charge in [0.1, 0.15) is 5.58 Å². The molecule has 0 aliphatic carbocycles. The highest BCUT2D eigenvalue weighted by Gasteiger charge is 2.17. The second-order valence-electron chi connectivity index (χ2n) is 8.47. The lowest BCUT2D eigenvalue weighted by Crippen LogP contribution is -2.47. The number of carbonyl (C=O) groups excluding carboxylic acids is 1. The minimum Gasteiger partial charge on any atom is -0.464 e. The van der Waals surface area contributed by atoms with Crippen LogP contribution in [0.2, 0.25) is 0 Å². The fourth-order valence-electron chi connectivity index (χ4n) is 4.64. The molecule has 0 saturated carbocycles. The second kappa shape index (κ2) is 9.45. The molecule has 164 valence electrons. The predicted octanol–water partition coefficient (Wildman–Crippen LogP) is 4.46. The third kappa shape index (κ3) is 4.48. The van der Waals surface area contributed by atoms with Crippen molar-refractivity contribution >= 4 is 33.3 Å². The van der Waals surface area contributed by atoms with Gasteiger partial charge in [-0.1, -0.05) is 48.5 Å². The molecule has 1 saturated heterocycles. The minimum atomic E-state index is 0.0505. The molecule has 0 unspecified atom stereocenters. The molecule has 0 spiro atoms. The zero-order valence-corrected chi connectivity index (χ0v) is 18.3. The highest BCUT2D eigenvalue weighted by Crippen LogP contribution is 2.30. The van der Waals surface area contributed by atoms with Crippen LogP contribution >= 0.6 is 0 Å². The van der Waals surface area contributed by atoms with E-state index in [4.69, 9.17) is 4.42 Å². The van der Waals surface area contributed by atoms with Crippen molar-refractivity contribution < 1.29 is 9.21 Å². The number of fused-ring (bicyclic) bond motifs is 3. The summed E-state index contributed by atoms with van der Waals surface area (Å²) in [5.41, 5.74) is 3.09. The minimum absolute atomic E-state index is 0.0505. The monoisotopic (exact) mass is 427 g/mol. The number of benzene rings is 3. The fraction of sp³-hybridized carbons (Fsp3) is 0.296. The van der Waals surface area contributed by atoms with Crippen molar-refractivity contribution in [1.82, 2.24) is 10.2 Å². The summed E-state index contributed by atoms with van der Waals surface area (Å²) in [6.45, 7) is 5.96. The summed E-state index contributed by atoms with van der Waals surface area (Å²) < 4.78 is 5.71. The summed E-state index contributed by atoms with van der Waals surface area (Å²) in [6, 6.07) is 22.9. The molecule has 0 radical (unpaired) electrons. The van der Waals surface area contributed by atoms with Gasteiger partial charge in [0.05, 0.1) is 12.7 Å². The molecule has 0 bridgehead atoms. The van der Waals surface area contributed by atoms with Crippen LogP contribution in [0.4, 0.5) is 5.69 Å². The first-order valence-electron chi connectivity index (χ1n) is 11.4. The van der Waals surface area contributed by atoms with Crippen LogP contribution in [-0.2, 0) is 11.2 Å². The summed E-state index contributed by atoms with van der Waals surface area (Å²) >= 11 is 0. The molecule has 5 nitrogen and oxygen atoms in total. The number of anilines is 1. The van der Waals surface area contributed by atoms with Crippen molar-refractivity contribution in [2.75, 3.05) is 44.2 Å². The Labute approximate surface area is 188 Å². The Kier molecular flexibility index (Phi) is 6.08. The van der Waals surface area contributed by atoms with Crippen LogP contribution in [0.1, 0.15) is 12.0 Å². The van der Waals surface area contributed by atoms with Crippen molar-refractivity contribution in [3.05, 3.63) is 78.6 Å². The quantitative estimate of drug-likeness (QED) is 0.443. The molecule has 5 rings (SSSR count). The molecule has 2 heterocycles. The lowest BCUT2D eigenvalue weighted by atomic mass is 10.0. The molecule has 1 N–H and O–H groups in total. The van der Waals surface area contributed by atoms with E-state index in [1.165, 1.54) is 5.69 Å². The first-order valence-corrected chi connectivity index (χ1v) is 11.4. The zero-order valence-electron chi connectivity index (χ0n) is 18.3. The normalized spacial score (nSPS) is 14.8. The first-order chi connectivity index (χ1) is 15.8. The number of piperazine rings is 1. The van der Waals surface area contributed by atoms with Gasteiger partial charge in [0, 0.05) is 49.4 Å². The van der Waals surface area contributed by atoms with E-state index in [-0.39, 0.29) is 5.91 Å². The van der Waals surface area contributed by atoms with Gasteiger partial charge in [0.25, 0.3) is 0 Å². The predicted molar refractivity (Wildman–Crippen MR) is 130 cm³/mol. The van der Waals surface area contributed by atoms with E-state index in [1.54, 1.807) is 6.26 Å². The second-order valence-corrected chi connectivity index (χ2v) is 8.47. The Morgan fingerprint density at radius 1 is 0.906 bits per heavy atom. The SMILES string of the molecule is O=C(Cc1coc2ccc3ccccc3c12)NCCCN1CCN(c2ccccc2)CC1. The first kappa shape index (κ1) is 20.6. The molecule has 4 aromatic rings. The Balaban J connectivity index is 1.09. The Bertz CT molecular complexity index is 1190. The number of furan rings is 1. The van der Waals surface area contributed by atoms with Gasteiger partial charge >= 0.3 is 0 Å². The number of carbonyl (C=O) groups is 1. The lowest BCUT2D eigenvalue weighted by Gasteiger charge is -2.36. The van der Waals surface area contributed by atoms with E-state index in [1.807, 2.05) is 18.2 Å². The van der Waals surface area contributed by atoms with Crippen molar-refractivity contribution in [1.29, 1.82) is 0 Å². The molecular weight excluding hydrogens is 398 g/mol. The van der Waals surface area contributed by atoms with E-state index < -0.39 is 0 Å². The van der Waals surface area contributed by atoms with Crippen LogP contribution in [-0.4, -0.2) is 50.1 Å². The van der Waals surface area contributed by atoms with Crippen LogP contribution in [0.15, 0.2) is 77.4 Å². The Hall–Kier alpha value is -3.31. The number of nitrogens with zero attached hydrogens (tertiary/aromatic N) is 2. The number of hydrogen-bond acceptors (Lipinski definition) is 4. The Morgan fingerprint density at radius 2 is 1.69 bits per heavy atom. The summed E-state index contributed by atoms with van der Waals surface area (Å²) in [4.78, 5) is 17.5. The molecule has 0 atom stereocenters. The van der Waals surface area contributed by atoms with Crippen molar-refractivity contribution in [2.24, 2.45) is 0 Å². The number of amides is 1. The maximum Gasteiger partial charge on any atom is 0.224 e. The van der Waals surface area contributed by atoms with E-state index in [2.05, 4.69) is 63.6 Å². The van der Waals surface area contributed by atoms with E-state index in [0.717, 1.165) is 66.4 Å². The molecule has 1 aliphatic rings. The van der Waals surface area contributed by atoms with Gasteiger partial charge in [-0.2, -0.15) is 0 Å². The standard InChI is InChI=1S/C27H29N3O2/c31-26(19-22-20-32-25-12-11-21-7-4-5-10-24(21)27(22)25)28-13-6-14-29-15-17-30(18-16-29)23-8-2-1-3-9-23/h1-5,7-12,20H,6,13-19H2,(H,28,31). The zero-order chi connectivity index (χ0) is 21.8. The lowest BCUT2D eigenvalue weighted by molar-refractivity contribution is -0.120. The van der Waals surface area contributed by atoms with Crippen molar-refractivity contribution in [3.8, 4) is 0 Å². The van der Waals surface area contributed by atoms with Crippen LogP contribution in [0.3, 0.4) is 0 Å². The van der Waals surface area contributed by atoms with E-state index in [9.17, 15) is 4.79 Å². The number of para-hydroxylation sites is 1. The summed E-state index contributed by atoms with van der Waals surface area (Å²) in [6.07, 6.45) is 3.03. The van der Waals surface area contributed by atoms with Crippen molar-refractivity contribution in [3.63, 3.8) is 0 Å². The maximum absolute atomic E-state index is 12.6. The van der Waals surface area contributed by atoms with Crippen LogP contribution < -0.4 is 10.2 Å². The largest absolute Gasteiger partial charge is 0.464 e. The molecular formula is C27H29N3O2. The smallest absolute Gasteiger partial charge is 0.224 e. The van der Waals surface area contributed by atoms with Gasteiger partial charge in [-0.15, -0.1) is 0 Å². The molecule has 1 aliphatic heterocycles. The highest BCUT2D eigenvalue weighted by atomic mass is 16.3. The van der Waals surface area contributed by atoms with E-state index in [0.29, 0.717) is 13.0 Å². The van der Waals surface area contributed by atoms with Gasteiger partial charge in [-0.3, -0.25) is 9.69 Å². The Morgan fingerprint density at radius 3 is 2.53 bits per heavy atom. The van der Waals surface area contributed by atoms with Gasteiger partial charge in [-0.25, -0.2) is 0 Å². The van der Waals surface area contributed by atoms with Gasteiger partial charge in [-0.05, 0) is 41.9 Å². The molecule has 1 fully saturated rings. The molecule has 1 aromatic heterocycles. The molecule has 1 amide bonds. The fourth-order valence-corrected chi connectivity index (χ4v) is 4.64. The maximum atomic E-state index is 12.6. The average molecular weight is 428 g/mol. The number of rotatable bonds is 7. The van der Waals surface area contributed by atoms with Crippen LogP contribution in [0, 0.1) is 0 Å². The molecule has 5 heteroatoms. The third-order valence-electron chi connectivity index (χ3n) is 6.36. The number of nitrogens with one attached hydrogen (secondary N) is 1. The third-order valence-corrected chi connectivity index (χ3v) is 6.36. The summed E-state index contributed by atoms with van der Waals surface area (Å²) in [5, 5.41) is 6.44. The van der Waals surface area contributed by atoms with Crippen LogP contribution in [0.5, 0.6) is 0 Å². The van der Waals surface area contributed by atoms with Gasteiger partial charge < -0.3 is 14.6 Å². The topological polar surface area (TPSA) is 48.7 Å². The molecule has 3 aromatic carbocycles. The van der Waals surface area contributed by atoms with Gasteiger partial charge in [0.2, 0.25) is 5.91 Å². The van der Waals surface area contributed by atoms with E-state index >= 15 is 0 Å². The summed E-state index contributed by atoms with van der Waals surface area (Å²) in [7, 11) is 0. The summed E-state index contributed by atoms with van der Waals surface area (Å²) in [5.74, 6) is 0.0505. The number of hydrogen-bond donors (Lipinski definition) is 1.